The van der Waals surface area contributed by atoms with Crippen molar-refractivity contribution in [2.24, 2.45) is 0 Å². The maximum atomic E-state index is 12.6. The standard InChI is InChI=1S/C25H27N5O5/c1-17(31)28(14-8-16-30-23(33)19-10-3-5-12-21(19)27-25(30)35)13-6-7-15-29-22(32)18-9-2-4-11-20(18)26-24(29)34/h2-5,9-12H,6-8,13-16H2,1H3,(H,26,34)(H,27,35). The number of hydrogen-bond acceptors (Lipinski definition) is 5. The molecule has 0 aliphatic rings. The van der Waals surface area contributed by atoms with Crippen LogP contribution < -0.4 is 22.5 Å². The van der Waals surface area contributed by atoms with Crippen molar-refractivity contribution in [1.82, 2.24) is 24.0 Å². The highest BCUT2D eigenvalue weighted by Crippen LogP contribution is 2.05. The number of aromatic amines is 2. The van der Waals surface area contributed by atoms with Gasteiger partial charge in [0.1, 0.15) is 0 Å². The first-order valence-electron chi connectivity index (χ1n) is 11.6. The molecule has 2 aromatic carbocycles. The molecule has 2 heterocycles. The molecule has 2 N–H and O–H groups in total. The molecule has 10 nitrogen and oxygen atoms in total. The second-order valence-electron chi connectivity index (χ2n) is 8.43. The topological polar surface area (TPSA) is 130 Å². The fraction of sp³-hybridized carbons (Fsp3) is 0.320. The number of benzene rings is 2. The van der Waals surface area contributed by atoms with E-state index >= 15 is 0 Å². The van der Waals surface area contributed by atoms with E-state index in [4.69, 9.17) is 0 Å². The maximum Gasteiger partial charge on any atom is 0.328 e. The van der Waals surface area contributed by atoms with Crippen LogP contribution in [0.1, 0.15) is 26.2 Å². The summed E-state index contributed by atoms with van der Waals surface area (Å²) in [5.41, 5.74) is -0.625. The lowest BCUT2D eigenvalue weighted by atomic mass is 10.2. The Balaban J connectivity index is 1.34. The second-order valence-corrected chi connectivity index (χ2v) is 8.43. The summed E-state index contributed by atoms with van der Waals surface area (Å²) in [6, 6.07) is 13.7. The summed E-state index contributed by atoms with van der Waals surface area (Å²) in [5.74, 6) is -0.120. The van der Waals surface area contributed by atoms with Gasteiger partial charge in [0, 0.05) is 33.1 Å². The zero-order chi connectivity index (χ0) is 24.9. The van der Waals surface area contributed by atoms with Crippen molar-refractivity contribution in [1.29, 1.82) is 0 Å². The summed E-state index contributed by atoms with van der Waals surface area (Å²) >= 11 is 0. The monoisotopic (exact) mass is 477 g/mol. The van der Waals surface area contributed by atoms with E-state index in [9.17, 15) is 24.0 Å². The normalized spacial score (nSPS) is 11.2. The number of hydrogen-bond donors (Lipinski definition) is 2. The van der Waals surface area contributed by atoms with E-state index in [0.717, 1.165) is 4.57 Å². The summed E-state index contributed by atoms with van der Waals surface area (Å²) in [4.78, 5) is 69.0. The van der Waals surface area contributed by atoms with E-state index in [1.54, 1.807) is 53.4 Å². The molecule has 1 amide bonds. The van der Waals surface area contributed by atoms with Crippen molar-refractivity contribution >= 4 is 27.7 Å². The van der Waals surface area contributed by atoms with Gasteiger partial charge in [-0.3, -0.25) is 23.5 Å². The van der Waals surface area contributed by atoms with Crippen LogP contribution in [0.2, 0.25) is 0 Å². The first-order chi connectivity index (χ1) is 16.9. The predicted molar refractivity (Wildman–Crippen MR) is 134 cm³/mol. The van der Waals surface area contributed by atoms with Crippen molar-refractivity contribution in [3.05, 3.63) is 90.2 Å². The molecule has 2 aromatic heterocycles. The van der Waals surface area contributed by atoms with Crippen LogP contribution in [0.4, 0.5) is 0 Å². The van der Waals surface area contributed by atoms with Gasteiger partial charge in [-0.2, -0.15) is 0 Å². The van der Waals surface area contributed by atoms with E-state index in [2.05, 4.69) is 9.97 Å². The lowest BCUT2D eigenvalue weighted by Crippen LogP contribution is -2.37. The quantitative estimate of drug-likeness (QED) is 0.352. The van der Waals surface area contributed by atoms with Gasteiger partial charge < -0.3 is 14.9 Å². The Morgan fingerprint density at radius 1 is 0.714 bits per heavy atom. The number of fused-ring (bicyclic) bond motifs is 2. The highest BCUT2D eigenvalue weighted by Gasteiger charge is 2.12. The number of carbonyl (C=O) groups excluding carboxylic acids is 1. The van der Waals surface area contributed by atoms with Crippen LogP contribution in [-0.2, 0) is 17.9 Å². The maximum absolute atomic E-state index is 12.6. The van der Waals surface area contributed by atoms with Crippen LogP contribution in [0.3, 0.4) is 0 Å². The van der Waals surface area contributed by atoms with Crippen molar-refractivity contribution < 1.29 is 4.79 Å². The number of rotatable bonds is 9. The molecule has 0 saturated heterocycles. The Morgan fingerprint density at radius 2 is 1.17 bits per heavy atom. The molecule has 0 aliphatic heterocycles. The summed E-state index contributed by atoms with van der Waals surface area (Å²) in [6.45, 7) is 2.72. The Labute approximate surface area is 199 Å². The van der Waals surface area contributed by atoms with Gasteiger partial charge in [-0.05, 0) is 43.5 Å². The van der Waals surface area contributed by atoms with Crippen molar-refractivity contribution in [3.8, 4) is 0 Å². The number of para-hydroxylation sites is 2. The summed E-state index contributed by atoms with van der Waals surface area (Å²) in [7, 11) is 0. The van der Waals surface area contributed by atoms with Crippen LogP contribution in [0.5, 0.6) is 0 Å². The van der Waals surface area contributed by atoms with Crippen LogP contribution in [0.15, 0.2) is 67.7 Å². The Morgan fingerprint density at radius 3 is 1.69 bits per heavy atom. The Kier molecular flexibility index (Phi) is 7.09. The number of amides is 1. The Hall–Kier alpha value is -4.21. The molecular weight excluding hydrogens is 450 g/mol. The van der Waals surface area contributed by atoms with E-state index in [1.165, 1.54) is 11.5 Å². The molecule has 0 fully saturated rings. The van der Waals surface area contributed by atoms with E-state index < -0.39 is 11.4 Å². The highest BCUT2D eigenvalue weighted by atomic mass is 16.2. The molecule has 182 valence electrons. The van der Waals surface area contributed by atoms with Gasteiger partial charge in [0.15, 0.2) is 0 Å². The largest absolute Gasteiger partial charge is 0.343 e. The number of H-pyrrole nitrogens is 2. The zero-order valence-corrected chi connectivity index (χ0v) is 19.5. The van der Waals surface area contributed by atoms with Gasteiger partial charge in [-0.25, -0.2) is 9.59 Å². The van der Waals surface area contributed by atoms with Gasteiger partial charge in [0.05, 0.1) is 21.8 Å². The number of nitrogens with zero attached hydrogens (tertiary/aromatic N) is 3. The molecule has 0 unspecified atom stereocenters. The number of carbonyl (C=O) groups is 1. The minimum atomic E-state index is -0.478. The molecule has 0 spiro atoms. The fourth-order valence-electron chi connectivity index (χ4n) is 4.22. The lowest BCUT2D eigenvalue weighted by molar-refractivity contribution is -0.129. The molecule has 10 heteroatoms. The van der Waals surface area contributed by atoms with Gasteiger partial charge in [-0.15, -0.1) is 0 Å². The average molecular weight is 478 g/mol. The molecule has 0 saturated carbocycles. The molecule has 0 atom stereocenters. The number of unbranched alkanes of at least 4 members (excludes halogenated alkanes) is 1. The smallest absolute Gasteiger partial charge is 0.328 e. The molecule has 4 rings (SSSR count). The highest BCUT2D eigenvalue weighted by molar-refractivity contribution is 5.77. The first-order valence-corrected chi connectivity index (χ1v) is 11.6. The van der Waals surface area contributed by atoms with Crippen molar-refractivity contribution in [2.45, 2.75) is 39.3 Å². The minimum absolute atomic E-state index is 0.120. The SMILES string of the molecule is CC(=O)N(CCCCn1c(=O)[nH]c2ccccc2c1=O)CCCn1c(=O)[nH]c2ccccc2c1=O. The summed E-state index contributed by atoms with van der Waals surface area (Å²) in [6.07, 6.45) is 1.56. The number of aromatic nitrogens is 4. The Bertz CT molecular complexity index is 1610. The van der Waals surface area contributed by atoms with Crippen LogP contribution in [0, 0.1) is 0 Å². The number of nitrogens with one attached hydrogen (secondary N) is 2. The van der Waals surface area contributed by atoms with E-state index in [-0.39, 0.29) is 30.1 Å². The summed E-state index contributed by atoms with van der Waals surface area (Å²) in [5, 5.41) is 0.894. The van der Waals surface area contributed by atoms with Crippen LogP contribution >= 0.6 is 0 Å². The summed E-state index contributed by atoms with van der Waals surface area (Å²) < 4.78 is 2.33. The van der Waals surface area contributed by atoms with Gasteiger partial charge in [0.25, 0.3) is 11.1 Å². The molecular formula is C25H27N5O5. The van der Waals surface area contributed by atoms with E-state index in [1.807, 2.05) is 0 Å². The zero-order valence-electron chi connectivity index (χ0n) is 19.5. The average Bonchev–Trinajstić information content (AvgIpc) is 2.84. The van der Waals surface area contributed by atoms with Crippen LogP contribution in [0.25, 0.3) is 21.8 Å². The fourth-order valence-corrected chi connectivity index (χ4v) is 4.22. The van der Waals surface area contributed by atoms with Crippen molar-refractivity contribution in [3.63, 3.8) is 0 Å². The first kappa shape index (κ1) is 23.9. The lowest BCUT2D eigenvalue weighted by Gasteiger charge is -2.21. The molecule has 0 aliphatic carbocycles. The van der Waals surface area contributed by atoms with E-state index in [0.29, 0.717) is 54.2 Å². The molecule has 4 aromatic rings. The molecule has 0 radical (unpaired) electrons. The minimum Gasteiger partial charge on any atom is -0.343 e. The van der Waals surface area contributed by atoms with Gasteiger partial charge in [0.2, 0.25) is 5.91 Å². The third kappa shape index (κ3) is 5.16. The third-order valence-corrected chi connectivity index (χ3v) is 6.09. The van der Waals surface area contributed by atoms with Gasteiger partial charge in [-0.1, -0.05) is 24.3 Å². The molecule has 35 heavy (non-hydrogen) atoms. The molecule has 0 bridgehead atoms. The van der Waals surface area contributed by atoms with Gasteiger partial charge >= 0.3 is 11.4 Å². The third-order valence-electron chi connectivity index (χ3n) is 6.09. The van der Waals surface area contributed by atoms with Crippen molar-refractivity contribution in [2.75, 3.05) is 13.1 Å². The van der Waals surface area contributed by atoms with Crippen LogP contribution in [-0.4, -0.2) is 43.0 Å². The second kappa shape index (κ2) is 10.4. The predicted octanol–water partition coefficient (Wildman–Crippen LogP) is 1.41.